The highest BCUT2D eigenvalue weighted by Crippen LogP contribution is 2.24. The quantitative estimate of drug-likeness (QED) is 0.276. The van der Waals surface area contributed by atoms with Crippen molar-refractivity contribution in [3.8, 4) is 11.1 Å². The minimum absolute atomic E-state index is 0.521. The van der Waals surface area contributed by atoms with Crippen LogP contribution in [-0.4, -0.2) is 0 Å². The molecule has 4 rings (SSSR count). The Balaban J connectivity index is 1.46. The third-order valence-electron chi connectivity index (χ3n) is 5.87. The number of hydrogen-bond donors (Lipinski definition) is 0. The molecule has 0 fully saturated rings. The molecule has 0 nitrogen and oxygen atoms in total. The van der Waals surface area contributed by atoms with E-state index in [1.807, 2.05) is 0 Å². The molecule has 4 aromatic carbocycles. The number of hydrogen-bond acceptors (Lipinski definition) is 0. The van der Waals surface area contributed by atoms with Crippen LogP contribution < -0.4 is 0 Å². The highest BCUT2D eigenvalue weighted by atomic mass is 14.1. The zero-order chi connectivity index (χ0) is 22.3. The van der Waals surface area contributed by atoms with Crippen molar-refractivity contribution in [2.75, 3.05) is 0 Å². The van der Waals surface area contributed by atoms with E-state index >= 15 is 0 Å². The number of aryl methyl sites for hydroxylation is 1. The molecule has 4 aromatic rings. The van der Waals surface area contributed by atoms with Gasteiger partial charge in [0.25, 0.3) is 0 Å². The van der Waals surface area contributed by atoms with Crippen molar-refractivity contribution in [2.45, 2.75) is 26.7 Å². The predicted molar refractivity (Wildman–Crippen MR) is 141 cm³/mol. The summed E-state index contributed by atoms with van der Waals surface area (Å²) in [5.74, 6) is 0.521. The Morgan fingerprint density at radius 1 is 0.500 bits per heavy atom. The lowest BCUT2D eigenvalue weighted by Crippen LogP contribution is -1.90. The molecule has 0 heterocycles. The average molecular weight is 415 g/mol. The molecule has 0 radical (unpaired) electrons. The van der Waals surface area contributed by atoms with Crippen LogP contribution in [0.25, 0.3) is 35.4 Å². The van der Waals surface area contributed by atoms with Crippen molar-refractivity contribution in [3.63, 3.8) is 0 Å². The summed E-state index contributed by atoms with van der Waals surface area (Å²) in [5.41, 5.74) is 10.1. The fraction of sp³-hybridized carbons (Fsp3) is 0.125. The van der Waals surface area contributed by atoms with Crippen molar-refractivity contribution < 1.29 is 0 Å². The molecule has 0 saturated heterocycles. The lowest BCUT2D eigenvalue weighted by molar-refractivity contribution is 0.864. The molecule has 0 spiro atoms. The second-order valence-electron chi connectivity index (χ2n) is 8.55. The van der Waals surface area contributed by atoms with Gasteiger partial charge in [-0.1, -0.05) is 135 Å². The molecule has 158 valence electrons. The van der Waals surface area contributed by atoms with Crippen molar-refractivity contribution in [2.24, 2.45) is 0 Å². The predicted octanol–water partition coefficient (Wildman–Crippen LogP) is 9.13. The largest absolute Gasteiger partial charge is 0.0620 e. The van der Waals surface area contributed by atoms with Gasteiger partial charge in [-0.05, 0) is 57.3 Å². The first-order valence-electron chi connectivity index (χ1n) is 11.3. The molecule has 0 amide bonds. The maximum absolute atomic E-state index is 2.24. The summed E-state index contributed by atoms with van der Waals surface area (Å²) >= 11 is 0. The third kappa shape index (κ3) is 5.34. The Labute approximate surface area is 192 Å². The molecule has 0 saturated carbocycles. The summed E-state index contributed by atoms with van der Waals surface area (Å²) in [4.78, 5) is 0. The molecule has 0 bridgehead atoms. The molecule has 0 aliphatic carbocycles. The van der Waals surface area contributed by atoms with Crippen LogP contribution in [0.5, 0.6) is 0 Å². The van der Waals surface area contributed by atoms with Gasteiger partial charge in [0.05, 0.1) is 0 Å². The van der Waals surface area contributed by atoms with E-state index in [1.165, 1.54) is 44.5 Å². The minimum atomic E-state index is 0.521. The molecule has 0 aliphatic rings. The van der Waals surface area contributed by atoms with E-state index in [2.05, 4.69) is 142 Å². The fourth-order valence-corrected chi connectivity index (χ4v) is 3.91. The molecular formula is C32H30. The molecule has 32 heavy (non-hydrogen) atoms. The Kier molecular flexibility index (Phi) is 6.82. The summed E-state index contributed by atoms with van der Waals surface area (Å²) in [6, 6.07) is 34.6. The molecule has 0 N–H and O–H groups in total. The van der Waals surface area contributed by atoms with Crippen molar-refractivity contribution in [1.29, 1.82) is 0 Å². The molecule has 0 unspecified atom stereocenters. The summed E-state index contributed by atoms with van der Waals surface area (Å²) in [7, 11) is 0. The zero-order valence-corrected chi connectivity index (χ0v) is 19.1. The van der Waals surface area contributed by atoms with Crippen LogP contribution >= 0.6 is 0 Å². The van der Waals surface area contributed by atoms with E-state index in [0.29, 0.717) is 5.92 Å². The SMILES string of the molecule is Cc1ccccc1C=Cc1ccc(-c2ccc(C=Cc3ccccc3C(C)C)cc2)cc1. The van der Waals surface area contributed by atoms with E-state index in [9.17, 15) is 0 Å². The first-order valence-corrected chi connectivity index (χ1v) is 11.3. The van der Waals surface area contributed by atoms with Gasteiger partial charge in [-0.2, -0.15) is 0 Å². The topological polar surface area (TPSA) is 0 Å². The first kappa shape index (κ1) is 21.6. The summed E-state index contributed by atoms with van der Waals surface area (Å²) < 4.78 is 0. The van der Waals surface area contributed by atoms with Crippen LogP contribution in [0, 0.1) is 6.92 Å². The van der Waals surface area contributed by atoms with Gasteiger partial charge >= 0.3 is 0 Å². The van der Waals surface area contributed by atoms with Gasteiger partial charge in [-0.25, -0.2) is 0 Å². The summed E-state index contributed by atoms with van der Waals surface area (Å²) in [5, 5.41) is 0. The normalized spacial score (nSPS) is 11.6. The summed E-state index contributed by atoms with van der Waals surface area (Å²) in [6.07, 6.45) is 8.78. The van der Waals surface area contributed by atoms with E-state index in [-0.39, 0.29) is 0 Å². The maximum Gasteiger partial charge on any atom is -0.0184 e. The lowest BCUT2D eigenvalue weighted by atomic mass is 9.96. The van der Waals surface area contributed by atoms with Crippen LogP contribution in [0.15, 0.2) is 97.1 Å². The standard InChI is InChI=1S/C32H30/c1-24(2)32-11-7-6-10-31(32)23-17-27-15-21-30(22-16-27)29-19-13-26(14-20-29)12-18-28-9-5-4-8-25(28)3/h4-24H,1-3H3. The van der Waals surface area contributed by atoms with Crippen LogP contribution in [-0.2, 0) is 0 Å². The van der Waals surface area contributed by atoms with E-state index in [1.54, 1.807) is 0 Å². The van der Waals surface area contributed by atoms with E-state index < -0.39 is 0 Å². The third-order valence-corrected chi connectivity index (χ3v) is 5.87. The van der Waals surface area contributed by atoms with Gasteiger partial charge in [0.15, 0.2) is 0 Å². The monoisotopic (exact) mass is 414 g/mol. The Bertz CT molecular complexity index is 1220. The van der Waals surface area contributed by atoms with Gasteiger partial charge in [0.1, 0.15) is 0 Å². The van der Waals surface area contributed by atoms with Crippen LogP contribution in [0.2, 0.25) is 0 Å². The highest BCUT2D eigenvalue weighted by molar-refractivity contribution is 5.75. The lowest BCUT2D eigenvalue weighted by Gasteiger charge is -2.09. The van der Waals surface area contributed by atoms with Gasteiger partial charge in [-0.3, -0.25) is 0 Å². The molecule has 0 heteroatoms. The Morgan fingerprint density at radius 2 is 0.969 bits per heavy atom. The second-order valence-corrected chi connectivity index (χ2v) is 8.55. The smallest absolute Gasteiger partial charge is 0.0184 e. The number of rotatable bonds is 6. The minimum Gasteiger partial charge on any atom is -0.0620 e. The van der Waals surface area contributed by atoms with Gasteiger partial charge in [0, 0.05) is 0 Å². The molecule has 0 atom stereocenters. The van der Waals surface area contributed by atoms with Gasteiger partial charge in [0.2, 0.25) is 0 Å². The summed E-state index contributed by atoms with van der Waals surface area (Å²) in [6.45, 7) is 6.63. The van der Waals surface area contributed by atoms with Gasteiger partial charge in [-0.15, -0.1) is 0 Å². The Hall–Kier alpha value is -3.64. The first-order chi connectivity index (χ1) is 15.6. The number of benzene rings is 4. The average Bonchev–Trinajstić information content (AvgIpc) is 2.83. The van der Waals surface area contributed by atoms with E-state index in [4.69, 9.17) is 0 Å². The Morgan fingerprint density at radius 3 is 1.50 bits per heavy atom. The van der Waals surface area contributed by atoms with Crippen molar-refractivity contribution in [1.82, 2.24) is 0 Å². The maximum atomic E-state index is 2.24. The molecule has 0 aliphatic heterocycles. The fourth-order valence-electron chi connectivity index (χ4n) is 3.91. The van der Waals surface area contributed by atoms with Crippen molar-refractivity contribution >= 4 is 24.3 Å². The highest BCUT2D eigenvalue weighted by Gasteiger charge is 2.03. The molecule has 0 aromatic heterocycles. The molecular weight excluding hydrogens is 384 g/mol. The van der Waals surface area contributed by atoms with Crippen LogP contribution in [0.4, 0.5) is 0 Å². The van der Waals surface area contributed by atoms with Crippen molar-refractivity contribution in [3.05, 3.63) is 130 Å². The van der Waals surface area contributed by atoms with Crippen LogP contribution in [0.3, 0.4) is 0 Å². The zero-order valence-electron chi connectivity index (χ0n) is 19.1. The van der Waals surface area contributed by atoms with E-state index in [0.717, 1.165) is 0 Å². The van der Waals surface area contributed by atoms with Gasteiger partial charge < -0.3 is 0 Å². The van der Waals surface area contributed by atoms with Crippen LogP contribution in [0.1, 0.15) is 53.1 Å². The second kappa shape index (κ2) is 10.1.